The van der Waals surface area contributed by atoms with Gasteiger partial charge in [0.25, 0.3) is 0 Å². The molecule has 1 aromatic rings. The van der Waals surface area contributed by atoms with E-state index in [4.69, 9.17) is 0 Å². The Morgan fingerprint density at radius 3 is 2.47 bits per heavy atom. The summed E-state index contributed by atoms with van der Waals surface area (Å²) in [5.41, 5.74) is 1.45. The quantitative estimate of drug-likeness (QED) is 0.691. The van der Waals surface area contributed by atoms with Crippen LogP contribution in [0.4, 0.5) is 0 Å². The van der Waals surface area contributed by atoms with E-state index < -0.39 is 0 Å². The van der Waals surface area contributed by atoms with Crippen LogP contribution in [0.1, 0.15) is 52.0 Å². The average Bonchev–Trinajstić information content (AvgIpc) is 2.34. The summed E-state index contributed by atoms with van der Waals surface area (Å²) in [7, 11) is 0. The summed E-state index contributed by atoms with van der Waals surface area (Å²) in [4.78, 5) is 0. The fraction of sp³-hybridized carbons (Fsp3) is 0.647. The Bertz CT molecular complexity index is 362. The second-order valence-corrected chi connectivity index (χ2v) is 6.90. The van der Waals surface area contributed by atoms with Crippen LogP contribution in [-0.4, -0.2) is 13.1 Å². The van der Waals surface area contributed by atoms with Crippen LogP contribution in [0.15, 0.2) is 28.7 Å². The topological polar surface area (TPSA) is 12.0 Å². The summed E-state index contributed by atoms with van der Waals surface area (Å²) >= 11 is 3.59. The lowest BCUT2D eigenvalue weighted by Gasteiger charge is -2.25. The van der Waals surface area contributed by atoms with Crippen LogP contribution in [-0.2, 0) is 0 Å². The highest BCUT2D eigenvalue weighted by Crippen LogP contribution is 2.29. The molecule has 0 fully saturated rings. The van der Waals surface area contributed by atoms with Crippen LogP contribution < -0.4 is 5.32 Å². The molecule has 2 unspecified atom stereocenters. The van der Waals surface area contributed by atoms with Crippen LogP contribution in [0.25, 0.3) is 0 Å². The number of hydrogen-bond acceptors (Lipinski definition) is 1. The smallest absolute Gasteiger partial charge is 0.0178 e. The molecular weight excluding hydrogens is 298 g/mol. The lowest BCUT2D eigenvalue weighted by Crippen LogP contribution is -2.28. The van der Waals surface area contributed by atoms with Crippen LogP contribution in [0.5, 0.6) is 0 Å². The number of halogens is 1. The van der Waals surface area contributed by atoms with Crippen molar-refractivity contribution in [3.05, 3.63) is 34.3 Å². The molecule has 0 saturated heterocycles. The Balaban J connectivity index is 2.73. The number of rotatable bonds is 8. The van der Waals surface area contributed by atoms with Crippen molar-refractivity contribution < 1.29 is 0 Å². The minimum absolute atomic E-state index is 0.608. The molecule has 1 aromatic carbocycles. The van der Waals surface area contributed by atoms with Crippen LogP contribution >= 0.6 is 15.9 Å². The Labute approximate surface area is 127 Å². The van der Waals surface area contributed by atoms with Gasteiger partial charge in [0.1, 0.15) is 0 Å². The normalized spacial score (nSPS) is 14.6. The molecule has 0 aromatic heterocycles. The fourth-order valence-electron chi connectivity index (χ4n) is 2.57. The molecule has 0 bridgehead atoms. The van der Waals surface area contributed by atoms with Crippen LogP contribution in [0, 0.1) is 11.8 Å². The van der Waals surface area contributed by atoms with Crippen molar-refractivity contribution in [2.75, 3.05) is 13.1 Å². The Kier molecular flexibility index (Phi) is 7.70. The summed E-state index contributed by atoms with van der Waals surface area (Å²) in [6.45, 7) is 11.4. The zero-order valence-electron chi connectivity index (χ0n) is 12.7. The number of benzene rings is 1. The van der Waals surface area contributed by atoms with Gasteiger partial charge in [0, 0.05) is 11.0 Å². The summed E-state index contributed by atoms with van der Waals surface area (Å²) in [5.74, 6) is 2.04. The van der Waals surface area contributed by atoms with Crippen LogP contribution in [0.2, 0.25) is 0 Å². The first-order valence-corrected chi connectivity index (χ1v) is 8.30. The van der Waals surface area contributed by atoms with Gasteiger partial charge in [-0.25, -0.2) is 0 Å². The predicted octanol–water partition coefficient (Wildman–Crippen LogP) is 5.21. The second kappa shape index (κ2) is 8.76. The van der Waals surface area contributed by atoms with Crippen molar-refractivity contribution >= 4 is 15.9 Å². The molecule has 108 valence electrons. The monoisotopic (exact) mass is 325 g/mol. The molecule has 1 nitrogen and oxygen atoms in total. The van der Waals surface area contributed by atoms with Gasteiger partial charge in [-0.3, -0.25) is 0 Å². The maximum atomic E-state index is 3.63. The molecule has 0 aliphatic heterocycles. The van der Waals surface area contributed by atoms with Crippen LogP contribution in [0.3, 0.4) is 0 Å². The molecule has 0 saturated carbocycles. The molecule has 2 heteroatoms. The van der Waals surface area contributed by atoms with E-state index in [1.807, 2.05) is 0 Å². The molecule has 2 atom stereocenters. The van der Waals surface area contributed by atoms with Gasteiger partial charge in [-0.05, 0) is 42.0 Å². The lowest BCUT2D eigenvalue weighted by molar-refractivity contribution is 0.394. The van der Waals surface area contributed by atoms with E-state index in [-0.39, 0.29) is 0 Å². The zero-order valence-corrected chi connectivity index (χ0v) is 14.3. The van der Waals surface area contributed by atoms with Gasteiger partial charge in [-0.1, -0.05) is 68.6 Å². The Hall–Kier alpha value is -0.340. The van der Waals surface area contributed by atoms with Gasteiger partial charge >= 0.3 is 0 Å². The summed E-state index contributed by atoms with van der Waals surface area (Å²) < 4.78 is 1.18. The summed E-state index contributed by atoms with van der Waals surface area (Å²) in [5, 5.41) is 3.63. The van der Waals surface area contributed by atoms with E-state index in [1.165, 1.54) is 22.9 Å². The highest BCUT2D eigenvalue weighted by atomic mass is 79.9. The van der Waals surface area contributed by atoms with E-state index in [2.05, 4.69) is 73.2 Å². The van der Waals surface area contributed by atoms with Gasteiger partial charge in [-0.15, -0.1) is 0 Å². The highest BCUT2D eigenvalue weighted by molar-refractivity contribution is 9.10. The zero-order chi connectivity index (χ0) is 14.3. The van der Waals surface area contributed by atoms with E-state index in [0.29, 0.717) is 11.8 Å². The van der Waals surface area contributed by atoms with Crippen molar-refractivity contribution in [2.45, 2.75) is 46.5 Å². The molecule has 1 rings (SSSR count). The van der Waals surface area contributed by atoms with Gasteiger partial charge in [0.05, 0.1) is 0 Å². The Morgan fingerprint density at radius 1 is 1.16 bits per heavy atom. The molecule has 0 amide bonds. The first-order valence-electron chi connectivity index (χ1n) is 7.50. The van der Waals surface area contributed by atoms with Gasteiger partial charge in [0.2, 0.25) is 0 Å². The van der Waals surface area contributed by atoms with E-state index in [0.717, 1.165) is 19.0 Å². The standard InChI is InChI=1S/C17H28BrN/c1-5-7-14(4)17(12-19-11-13(2)3)15-8-6-9-16(18)10-15/h6,8-10,13-14,17,19H,5,7,11-12H2,1-4H3. The Morgan fingerprint density at radius 2 is 1.89 bits per heavy atom. The fourth-order valence-corrected chi connectivity index (χ4v) is 2.99. The highest BCUT2D eigenvalue weighted by Gasteiger charge is 2.18. The molecule has 0 radical (unpaired) electrons. The lowest BCUT2D eigenvalue weighted by atomic mass is 9.84. The van der Waals surface area contributed by atoms with Crippen molar-refractivity contribution in [1.82, 2.24) is 5.32 Å². The van der Waals surface area contributed by atoms with E-state index in [1.54, 1.807) is 0 Å². The third-order valence-electron chi connectivity index (χ3n) is 3.62. The first-order chi connectivity index (χ1) is 9.04. The third kappa shape index (κ3) is 6.09. The van der Waals surface area contributed by atoms with Crippen molar-refractivity contribution in [3.8, 4) is 0 Å². The van der Waals surface area contributed by atoms with Crippen molar-refractivity contribution in [2.24, 2.45) is 11.8 Å². The maximum Gasteiger partial charge on any atom is 0.0178 e. The predicted molar refractivity (Wildman–Crippen MR) is 88.7 cm³/mol. The number of hydrogen-bond donors (Lipinski definition) is 1. The summed E-state index contributed by atoms with van der Waals surface area (Å²) in [6.07, 6.45) is 2.55. The SMILES string of the molecule is CCCC(C)C(CNCC(C)C)c1cccc(Br)c1. The maximum absolute atomic E-state index is 3.63. The molecule has 19 heavy (non-hydrogen) atoms. The third-order valence-corrected chi connectivity index (χ3v) is 4.12. The van der Waals surface area contributed by atoms with Crippen molar-refractivity contribution in [1.29, 1.82) is 0 Å². The second-order valence-electron chi connectivity index (χ2n) is 5.98. The molecular formula is C17H28BrN. The molecule has 1 N–H and O–H groups in total. The molecule has 0 aliphatic carbocycles. The van der Waals surface area contributed by atoms with Gasteiger partial charge < -0.3 is 5.32 Å². The molecule has 0 heterocycles. The first kappa shape index (κ1) is 16.7. The average molecular weight is 326 g/mol. The molecule has 0 aliphatic rings. The van der Waals surface area contributed by atoms with Gasteiger partial charge in [0.15, 0.2) is 0 Å². The van der Waals surface area contributed by atoms with Gasteiger partial charge in [-0.2, -0.15) is 0 Å². The molecule has 0 spiro atoms. The minimum Gasteiger partial charge on any atom is -0.316 e. The largest absolute Gasteiger partial charge is 0.316 e. The summed E-state index contributed by atoms with van der Waals surface area (Å²) in [6, 6.07) is 8.78. The van der Waals surface area contributed by atoms with Crippen molar-refractivity contribution in [3.63, 3.8) is 0 Å². The van der Waals surface area contributed by atoms with E-state index in [9.17, 15) is 0 Å². The van der Waals surface area contributed by atoms with E-state index >= 15 is 0 Å². The number of nitrogens with one attached hydrogen (secondary N) is 1. The minimum atomic E-state index is 0.608.